The van der Waals surface area contributed by atoms with Crippen LogP contribution in [0.1, 0.15) is 30.0 Å². The smallest absolute Gasteiger partial charge is 0.264 e. The number of hydrogen-bond acceptors (Lipinski definition) is 4. The molecule has 0 saturated heterocycles. The lowest BCUT2D eigenvalue weighted by Crippen LogP contribution is -2.51. The molecule has 1 aliphatic heterocycles. The van der Waals surface area contributed by atoms with Gasteiger partial charge in [0.25, 0.3) is 15.9 Å². The highest BCUT2D eigenvalue weighted by Gasteiger charge is 2.38. The van der Waals surface area contributed by atoms with E-state index in [0.717, 1.165) is 24.8 Å². The molecule has 0 spiro atoms. The molecule has 8 heteroatoms. The molecule has 3 aromatic carbocycles. The van der Waals surface area contributed by atoms with Crippen LogP contribution in [-0.2, 0) is 21.2 Å². The van der Waals surface area contributed by atoms with Crippen LogP contribution in [0.5, 0.6) is 5.75 Å². The number of nitrogens with zero attached hydrogens (tertiary/aromatic N) is 1. The van der Waals surface area contributed by atoms with E-state index in [2.05, 4.69) is 11.4 Å². The molecule has 1 N–H and O–H groups in total. The fourth-order valence-corrected chi connectivity index (χ4v) is 6.07. The summed E-state index contributed by atoms with van der Waals surface area (Å²) >= 11 is 5.94. The van der Waals surface area contributed by atoms with E-state index < -0.39 is 16.1 Å². The summed E-state index contributed by atoms with van der Waals surface area (Å²) < 4.78 is 34.2. The minimum absolute atomic E-state index is 0.101. The molecule has 0 radical (unpaired) electrons. The van der Waals surface area contributed by atoms with Crippen LogP contribution in [0.3, 0.4) is 0 Å². The number of anilines is 1. The van der Waals surface area contributed by atoms with Crippen molar-refractivity contribution < 1.29 is 17.9 Å². The van der Waals surface area contributed by atoms with Gasteiger partial charge < -0.3 is 10.1 Å². The van der Waals surface area contributed by atoms with Crippen molar-refractivity contribution in [3.8, 4) is 5.75 Å². The summed E-state index contributed by atoms with van der Waals surface area (Å²) in [5.74, 6) is 0.0213. The number of benzene rings is 3. The Kier molecular flexibility index (Phi) is 5.76. The maximum absolute atomic E-state index is 13.5. The van der Waals surface area contributed by atoms with E-state index in [1.165, 1.54) is 34.1 Å². The Hall–Kier alpha value is -3.03. The second kappa shape index (κ2) is 8.72. The normalized spacial score (nSPS) is 19.7. The first kappa shape index (κ1) is 21.8. The zero-order valence-corrected chi connectivity index (χ0v) is 19.4. The average Bonchev–Trinajstić information content (AvgIpc) is 2.84. The van der Waals surface area contributed by atoms with Gasteiger partial charge in [0.05, 0.1) is 23.2 Å². The van der Waals surface area contributed by atoms with Gasteiger partial charge >= 0.3 is 0 Å². The van der Waals surface area contributed by atoms with E-state index in [0.29, 0.717) is 16.5 Å². The number of carbonyl (C=O) groups is 1. The van der Waals surface area contributed by atoms with Crippen molar-refractivity contribution in [3.63, 3.8) is 0 Å². The summed E-state index contributed by atoms with van der Waals surface area (Å²) in [7, 11) is -3.93. The molecule has 2 unspecified atom stereocenters. The standard InChI is InChI=1S/C25H23ClN2O4S/c26-18-12-14-19(15-13-18)33(30,31)28-16-24(32-23-11-4-3-10-22(23)28)25(29)27-21-9-5-7-17-6-1-2-8-20(17)21/h1-4,6,8,10-15,21,24H,5,7,9,16H2,(H,27,29). The van der Waals surface area contributed by atoms with Crippen molar-refractivity contribution in [3.05, 3.63) is 88.9 Å². The van der Waals surface area contributed by atoms with Crippen LogP contribution in [0, 0.1) is 0 Å². The highest BCUT2D eigenvalue weighted by molar-refractivity contribution is 7.92. The highest BCUT2D eigenvalue weighted by atomic mass is 35.5. The predicted octanol–water partition coefficient (Wildman–Crippen LogP) is 4.49. The topological polar surface area (TPSA) is 75.7 Å². The molecule has 0 saturated carbocycles. The van der Waals surface area contributed by atoms with Gasteiger partial charge in [0.2, 0.25) is 0 Å². The van der Waals surface area contributed by atoms with E-state index >= 15 is 0 Å². The largest absolute Gasteiger partial charge is 0.476 e. The molecule has 0 aromatic heterocycles. The first-order chi connectivity index (χ1) is 15.9. The van der Waals surface area contributed by atoms with Crippen LogP contribution in [0.2, 0.25) is 5.02 Å². The molecular weight excluding hydrogens is 460 g/mol. The van der Waals surface area contributed by atoms with Crippen LogP contribution >= 0.6 is 11.6 Å². The van der Waals surface area contributed by atoms with E-state index in [1.807, 2.05) is 18.2 Å². The number of halogens is 1. The Morgan fingerprint density at radius 3 is 2.55 bits per heavy atom. The second-order valence-corrected chi connectivity index (χ2v) is 10.5. The summed E-state index contributed by atoms with van der Waals surface area (Å²) in [6.07, 6.45) is 1.82. The van der Waals surface area contributed by atoms with Crippen LogP contribution in [0.15, 0.2) is 77.7 Å². The van der Waals surface area contributed by atoms with E-state index in [4.69, 9.17) is 16.3 Å². The summed E-state index contributed by atoms with van der Waals surface area (Å²) in [5, 5.41) is 3.54. The number of carbonyl (C=O) groups excluding carboxylic acids is 1. The Labute approximate surface area is 198 Å². The molecule has 6 nitrogen and oxygen atoms in total. The lowest BCUT2D eigenvalue weighted by molar-refractivity contribution is -0.128. The monoisotopic (exact) mass is 482 g/mol. The zero-order valence-electron chi connectivity index (χ0n) is 17.8. The molecule has 1 heterocycles. The molecule has 1 aliphatic carbocycles. The first-order valence-electron chi connectivity index (χ1n) is 10.9. The summed E-state index contributed by atoms with van der Waals surface area (Å²) in [6.45, 7) is -0.123. The Morgan fingerprint density at radius 2 is 1.73 bits per heavy atom. The van der Waals surface area contributed by atoms with Crippen molar-refractivity contribution in [1.29, 1.82) is 0 Å². The van der Waals surface area contributed by atoms with Crippen LogP contribution in [0.25, 0.3) is 0 Å². The SMILES string of the molecule is O=C(NC1CCCc2ccccc21)C1CN(S(=O)(=O)c2ccc(Cl)cc2)c2ccccc2O1. The molecule has 1 amide bonds. The third-order valence-electron chi connectivity index (χ3n) is 6.11. The molecule has 0 bridgehead atoms. The molecule has 5 rings (SSSR count). The third-order valence-corrected chi connectivity index (χ3v) is 8.16. The molecule has 170 valence electrons. The number of rotatable bonds is 4. The predicted molar refractivity (Wildman–Crippen MR) is 127 cm³/mol. The zero-order chi connectivity index (χ0) is 23.0. The van der Waals surface area contributed by atoms with E-state index in [-0.39, 0.29) is 23.4 Å². The quantitative estimate of drug-likeness (QED) is 0.594. The summed E-state index contributed by atoms with van der Waals surface area (Å²) in [4.78, 5) is 13.4. The third kappa shape index (κ3) is 4.18. The molecule has 2 atom stereocenters. The van der Waals surface area contributed by atoms with Gasteiger partial charge in [0, 0.05) is 5.02 Å². The van der Waals surface area contributed by atoms with Gasteiger partial charge in [-0.05, 0) is 66.8 Å². The average molecular weight is 483 g/mol. The number of nitrogens with one attached hydrogen (secondary N) is 1. The van der Waals surface area contributed by atoms with Gasteiger partial charge in [-0.25, -0.2) is 8.42 Å². The second-order valence-electron chi connectivity index (χ2n) is 8.22. The number of ether oxygens (including phenoxy) is 1. The first-order valence-corrected chi connectivity index (χ1v) is 12.7. The lowest BCUT2D eigenvalue weighted by Gasteiger charge is -2.36. The van der Waals surface area contributed by atoms with Crippen LogP contribution in [-0.4, -0.2) is 27.0 Å². The Bertz CT molecular complexity index is 1290. The van der Waals surface area contributed by atoms with Gasteiger partial charge in [-0.15, -0.1) is 0 Å². The van der Waals surface area contributed by atoms with Crippen molar-refractivity contribution in [2.24, 2.45) is 0 Å². The van der Waals surface area contributed by atoms with E-state index in [1.54, 1.807) is 24.3 Å². The van der Waals surface area contributed by atoms with Crippen molar-refractivity contribution in [2.75, 3.05) is 10.8 Å². The molecule has 33 heavy (non-hydrogen) atoms. The number of para-hydroxylation sites is 2. The van der Waals surface area contributed by atoms with Gasteiger partial charge in [0.1, 0.15) is 5.75 Å². The van der Waals surface area contributed by atoms with Crippen LogP contribution in [0.4, 0.5) is 5.69 Å². The van der Waals surface area contributed by atoms with Gasteiger partial charge in [0.15, 0.2) is 6.10 Å². The molecule has 2 aliphatic rings. The van der Waals surface area contributed by atoms with Crippen molar-refractivity contribution in [2.45, 2.75) is 36.3 Å². The Balaban J connectivity index is 1.44. The van der Waals surface area contributed by atoms with Crippen molar-refractivity contribution in [1.82, 2.24) is 5.32 Å². The van der Waals surface area contributed by atoms with E-state index in [9.17, 15) is 13.2 Å². The number of aryl methyl sites for hydroxylation is 1. The fraction of sp³-hybridized carbons (Fsp3) is 0.240. The lowest BCUT2D eigenvalue weighted by atomic mass is 9.87. The maximum atomic E-state index is 13.5. The van der Waals surface area contributed by atoms with Gasteiger partial charge in [-0.1, -0.05) is 48.0 Å². The van der Waals surface area contributed by atoms with Gasteiger partial charge in [-0.2, -0.15) is 0 Å². The minimum Gasteiger partial charge on any atom is -0.476 e. The number of hydrogen-bond donors (Lipinski definition) is 1. The number of fused-ring (bicyclic) bond motifs is 2. The summed E-state index contributed by atoms with van der Waals surface area (Å²) in [5.41, 5.74) is 2.74. The van der Waals surface area contributed by atoms with Crippen LogP contribution < -0.4 is 14.4 Å². The fourth-order valence-electron chi connectivity index (χ4n) is 4.47. The number of sulfonamides is 1. The molecular formula is C25H23ClN2O4S. The molecule has 3 aromatic rings. The molecule has 0 fully saturated rings. The summed E-state index contributed by atoms with van der Waals surface area (Å²) in [6, 6.07) is 20.8. The number of amides is 1. The maximum Gasteiger partial charge on any atom is 0.264 e. The minimum atomic E-state index is -3.93. The van der Waals surface area contributed by atoms with Crippen molar-refractivity contribution >= 4 is 33.2 Å². The Morgan fingerprint density at radius 1 is 1.00 bits per heavy atom. The highest BCUT2D eigenvalue weighted by Crippen LogP contribution is 2.37. The van der Waals surface area contributed by atoms with Gasteiger partial charge in [-0.3, -0.25) is 9.10 Å².